The van der Waals surface area contributed by atoms with Gasteiger partial charge in [0.05, 0.1) is 38.1 Å². The number of hydrogen-bond donors (Lipinski definition) is 2. The van der Waals surface area contributed by atoms with Crippen LogP contribution >= 0.6 is 0 Å². The zero-order valence-electron chi connectivity index (χ0n) is 18.5. The lowest BCUT2D eigenvalue weighted by Gasteiger charge is -2.07. The largest absolute Gasteiger partial charge is 0.493 e. The van der Waals surface area contributed by atoms with Gasteiger partial charge in [-0.15, -0.1) is 0 Å². The van der Waals surface area contributed by atoms with Crippen LogP contribution in [0.3, 0.4) is 0 Å². The number of nitrogen functional groups attached to an aromatic ring is 1. The van der Waals surface area contributed by atoms with Crippen LogP contribution in [0.2, 0.25) is 0 Å². The smallest absolute Gasteiger partial charge is 0.257 e. The van der Waals surface area contributed by atoms with Crippen LogP contribution in [0, 0.1) is 0 Å². The minimum atomic E-state index is -0.376. The average molecular weight is 448 g/mol. The van der Waals surface area contributed by atoms with Gasteiger partial charge in [0.25, 0.3) is 5.91 Å². The molecular formula is C23H24N6O4. The van der Waals surface area contributed by atoms with Crippen molar-refractivity contribution in [1.29, 1.82) is 0 Å². The summed E-state index contributed by atoms with van der Waals surface area (Å²) in [5, 5.41) is 7.29. The van der Waals surface area contributed by atoms with Gasteiger partial charge in [-0.05, 0) is 35.9 Å². The normalized spacial score (nSPS) is 11.4. The molecule has 0 unspecified atom stereocenters. The molecular weight excluding hydrogens is 424 g/mol. The number of nitrogens with one attached hydrogen (secondary N) is 1. The van der Waals surface area contributed by atoms with E-state index in [4.69, 9.17) is 19.9 Å². The Hall–Kier alpha value is -4.18. The number of anilines is 1. The number of carbonyl (C=O) groups is 1. The Bertz CT molecular complexity index is 1350. The summed E-state index contributed by atoms with van der Waals surface area (Å²) in [4.78, 5) is 22.2. The van der Waals surface area contributed by atoms with E-state index in [1.807, 2.05) is 30.3 Å². The summed E-state index contributed by atoms with van der Waals surface area (Å²) in [5.41, 5.74) is 9.39. The number of rotatable bonds is 8. The summed E-state index contributed by atoms with van der Waals surface area (Å²) in [5.74, 6) is 0.926. The highest BCUT2D eigenvalue weighted by Crippen LogP contribution is 2.29. The predicted molar refractivity (Wildman–Crippen MR) is 126 cm³/mol. The number of amides is 1. The van der Waals surface area contributed by atoms with Crippen molar-refractivity contribution in [3.05, 3.63) is 53.6 Å². The number of hydrogen-bond acceptors (Lipinski definition) is 8. The Morgan fingerprint density at radius 2 is 1.82 bits per heavy atom. The molecule has 3 N–H and O–H groups in total. The number of aromatic nitrogens is 3. The molecule has 2 aromatic heterocycles. The van der Waals surface area contributed by atoms with Crippen molar-refractivity contribution in [3.8, 4) is 11.5 Å². The van der Waals surface area contributed by atoms with E-state index in [9.17, 15) is 4.79 Å². The molecule has 0 saturated heterocycles. The first-order chi connectivity index (χ1) is 16.1. The fraction of sp³-hybridized carbons (Fsp3) is 0.217. The Morgan fingerprint density at radius 3 is 2.52 bits per heavy atom. The second kappa shape index (κ2) is 9.53. The number of methoxy groups -OCH3 is 3. The summed E-state index contributed by atoms with van der Waals surface area (Å²) < 4.78 is 17.0. The highest BCUT2D eigenvalue weighted by Gasteiger charge is 2.23. The maximum absolute atomic E-state index is 12.9. The molecule has 4 aromatic rings. The van der Waals surface area contributed by atoms with Gasteiger partial charge in [0.2, 0.25) is 0 Å². The van der Waals surface area contributed by atoms with Crippen molar-refractivity contribution < 1.29 is 19.0 Å². The lowest BCUT2D eigenvalue weighted by Crippen LogP contribution is -2.27. The number of fused-ring (bicyclic) bond motifs is 2. The van der Waals surface area contributed by atoms with E-state index in [-0.39, 0.29) is 17.3 Å². The van der Waals surface area contributed by atoms with Crippen LogP contribution in [0.5, 0.6) is 11.5 Å². The standard InChI is InChI=1S/C23H24N6O4/c1-31-11-10-25-23(30)19-20-22(28-16-7-5-4-6-15(16)27-20)29(21(19)24)26-13-14-8-9-17(32-2)18(12-14)33-3/h4-9,12-13H,10-11,24H2,1-3H3,(H,25,30)/b26-13+. The first-order valence-corrected chi connectivity index (χ1v) is 10.2. The molecule has 2 heterocycles. The highest BCUT2D eigenvalue weighted by molar-refractivity contribution is 6.10. The zero-order chi connectivity index (χ0) is 23.4. The lowest BCUT2D eigenvalue weighted by atomic mass is 10.2. The van der Waals surface area contributed by atoms with Gasteiger partial charge in [0.1, 0.15) is 16.9 Å². The fourth-order valence-electron chi connectivity index (χ4n) is 3.40. The third kappa shape index (κ3) is 4.28. The van der Waals surface area contributed by atoms with Crippen molar-refractivity contribution >= 4 is 40.1 Å². The molecule has 170 valence electrons. The van der Waals surface area contributed by atoms with Crippen LogP contribution in [0.15, 0.2) is 47.6 Å². The van der Waals surface area contributed by atoms with E-state index in [1.54, 1.807) is 39.7 Å². The summed E-state index contributed by atoms with van der Waals surface area (Å²) in [6.07, 6.45) is 1.60. The zero-order valence-corrected chi connectivity index (χ0v) is 18.5. The van der Waals surface area contributed by atoms with Gasteiger partial charge in [-0.1, -0.05) is 12.1 Å². The number of carbonyl (C=O) groups excluding carboxylic acids is 1. The maximum atomic E-state index is 12.9. The summed E-state index contributed by atoms with van der Waals surface area (Å²) in [7, 11) is 4.69. The van der Waals surface area contributed by atoms with Gasteiger partial charge >= 0.3 is 0 Å². The molecule has 2 aromatic carbocycles. The topological polar surface area (TPSA) is 126 Å². The van der Waals surface area contributed by atoms with Gasteiger partial charge in [0, 0.05) is 13.7 Å². The molecule has 0 aliphatic carbocycles. The van der Waals surface area contributed by atoms with E-state index in [2.05, 4.69) is 20.4 Å². The van der Waals surface area contributed by atoms with Crippen molar-refractivity contribution in [2.45, 2.75) is 0 Å². The van der Waals surface area contributed by atoms with Crippen LogP contribution in [0.1, 0.15) is 15.9 Å². The third-order valence-electron chi connectivity index (χ3n) is 5.02. The quantitative estimate of drug-likeness (QED) is 0.313. The molecule has 1 amide bonds. The fourth-order valence-corrected chi connectivity index (χ4v) is 3.40. The van der Waals surface area contributed by atoms with E-state index < -0.39 is 0 Å². The molecule has 0 radical (unpaired) electrons. The van der Waals surface area contributed by atoms with Crippen molar-refractivity contribution in [1.82, 2.24) is 20.0 Å². The number of ether oxygens (including phenoxy) is 3. The van der Waals surface area contributed by atoms with Gasteiger partial charge in [-0.3, -0.25) is 4.79 Å². The summed E-state index contributed by atoms with van der Waals surface area (Å²) >= 11 is 0. The van der Waals surface area contributed by atoms with Crippen LogP contribution in [0.4, 0.5) is 5.82 Å². The van der Waals surface area contributed by atoms with E-state index in [1.165, 1.54) is 4.68 Å². The molecule has 0 aliphatic heterocycles. The Balaban J connectivity index is 1.83. The number of nitrogens with two attached hydrogens (primary N) is 1. The van der Waals surface area contributed by atoms with Gasteiger partial charge in [-0.25, -0.2) is 9.97 Å². The van der Waals surface area contributed by atoms with E-state index in [0.717, 1.165) is 5.56 Å². The molecule has 0 aliphatic rings. The van der Waals surface area contributed by atoms with Crippen LogP contribution in [-0.4, -0.2) is 61.2 Å². The van der Waals surface area contributed by atoms with Gasteiger partial charge in [0.15, 0.2) is 17.1 Å². The molecule has 10 nitrogen and oxygen atoms in total. The van der Waals surface area contributed by atoms with E-state index >= 15 is 0 Å². The second-order valence-electron chi connectivity index (χ2n) is 7.06. The van der Waals surface area contributed by atoms with Crippen LogP contribution in [-0.2, 0) is 4.74 Å². The molecule has 0 spiro atoms. The minimum Gasteiger partial charge on any atom is -0.493 e. The monoisotopic (exact) mass is 448 g/mol. The highest BCUT2D eigenvalue weighted by atomic mass is 16.5. The summed E-state index contributed by atoms with van der Waals surface area (Å²) in [6, 6.07) is 12.8. The van der Waals surface area contributed by atoms with Gasteiger partial charge in [-0.2, -0.15) is 9.78 Å². The molecule has 0 saturated carbocycles. The first kappa shape index (κ1) is 22.0. The Morgan fingerprint density at radius 1 is 1.09 bits per heavy atom. The van der Waals surface area contributed by atoms with Crippen molar-refractivity contribution in [3.63, 3.8) is 0 Å². The molecule has 0 atom stereocenters. The Labute approximate surface area is 190 Å². The third-order valence-corrected chi connectivity index (χ3v) is 5.02. The van der Waals surface area contributed by atoms with Crippen LogP contribution < -0.4 is 20.5 Å². The first-order valence-electron chi connectivity index (χ1n) is 10.2. The maximum Gasteiger partial charge on any atom is 0.257 e. The molecule has 0 bridgehead atoms. The molecule has 4 rings (SSSR count). The predicted octanol–water partition coefficient (Wildman–Crippen LogP) is 2.44. The van der Waals surface area contributed by atoms with Gasteiger partial charge < -0.3 is 25.3 Å². The molecule has 10 heteroatoms. The SMILES string of the molecule is COCCNC(=O)c1c(N)n(/N=C/c2ccc(OC)c(OC)c2)c2nc3ccccc3nc12. The molecule has 33 heavy (non-hydrogen) atoms. The van der Waals surface area contributed by atoms with E-state index in [0.29, 0.717) is 46.8 Å². The summed E-state index contributed by atoms with van der Waals surface area (Å²) in [6.45, 7) is 0.702. The Kier molecular flexibility index (Phi) is 6.36. The second-order valence-corrected chi connectivity index (χ2v) is 7.06. The number of nitrogens with zero attached hydrogens (tertiary/aromatic N) is 4. The minimum absolute atomic E-state index is 0.131. The lowest BCUT2D eigenvalue weighted by molar-refractivity contribution is 0.0939. The number of para-hydroxylation sites is 2. The number of benzene rings is 2. The van der Waals surface area contributed by atoms with Crippen LogP contribution in [0.25, 0.3) is 22.2 Å². The van der Waals surface area contributed by atoms with Crippen molar-refractivity contribution in [2.75, 3.05) is 40.2 Å². The van der Waals surface area contributed by atoms with Crippen molar-refractivity contribution in [2.24, 2.45) is 5.10 Å². The molecule has 0 fully saturated rings. The average Bonchev–Trinajstić information content (AvgIpc) is 3.11.